The Morgan fingerprint density at radius 1 is 1.43 bits per heavy atom. The van der Waals surface area contributed by atoms with Crippen LogP contribution < -0.4 is 11.1 Å². The van der Waals surface area contributed by atoms with Gasteiger partial charge in [0.25, 0.3) is 11.8 Å². The fraction of sp³-hybridized carbons (Fsp3) is 0.267. The summed E-state index contributed by atoms with van der Waals surface area (Å²) in [5.74, 6) is -4.06. The molecule has 30 heavy (non-hydrogen) atoms. The molecule has 0 aromatic carbocycles. The van der Waals surface area contributed by atoms with E-state index in [1.54, 1.807) is 0 Å². The van der Waals surface area contributed by atoms with Crippen molar-refractivity contribution in [2.45, 2.75) is 11.4 Å². The number of aromatic nitrogens is 2. The maximum Gasteiger partial charge on any atom is 0.352 e. The van der Waals surface area contributed by atoms with Gasteiger partial charge in [-0.25, -0.2) is 9.59 Å². The molecule has 1 fully saturated rings. The monoisotopic (exact) mass is 454 g/mol. The van der Waals surface area contributed by atoms with Gasteiger partial charge in [-0.15, -0.1) is 11.8 Å². The van der Waals surface area contributed by atoms with Crippen molar-refractivity contribution in [2.24, 2.45) is 5.16 Å². The van der Waals surface area contributed by atoms with Gasteiger partial charge in [0.1, 0.15) is 17.1 Å². The summed E-state index contributed by atoms with van der Waals surface area (Å²) in [6.45, 7) is 2.74. The van der Waals surface area contributed by atoms with Crippen LogP contribution in [0.15, 0.2) is 29.1 Å². The Morgan fingerprint density at radius 3 is 2.73 bits per heavy atom. The summed E-state index contributed by atoms with van der Waals surface area (Å²) in [6.07, 6.45) is 1.37. The van der Waals surface area contributed by atoms with Crippen LogP contribution in [0.2, 0.25) is 0 Å². The first-order valence-corrected chi connectivity index (χ1v) is 9.92. The molecular weight excluding hydrogens is 440 g/mol. The first-order chi connectivity index (χ1) is 14.2. The van der Waals surface area contributed by atoms with Gasteiger partial charge >= 0.3 is 11.9 Å². The number of carbonyl (C=O) groups excluding carboxylic acids is 2. The number of carboxylic acids is 2. The van der Waals surface area contributed by atoms with Crippen LogP contribution in [0.25, 0.3) is 0 Å². The first kappa shape index (κ1) is 21.3. The molecule has 0 bridgehead atoms. The Bertz CT molecular complexity index is 1000. The van der Waals surface area contributed by atoms with Gasteiger partial charge in [0.2, 0.25) is 18.1 Å². The number of nitrogens with two attached hydrogens (primary N) is 1. The highest BCUT2D eigenvalue weighted by Gasteiger charge is 2.54. The van der Waals surface area contributed by atoms with Gasteiger partial charge < -0.3 is 26.1 Å². The lowest BCUT2D eigenvalue weighted by Gasteiger charge is -2.49. The zero-order chi connectivity index (χ0) is 22.0. The highest BCUT2D eigenvalue weighted by atomic mass is 32.2. The molecule has 2 aliphatic heterocycles. The number of amides is 2. The number of anilines is 1. The van der Waals surface area contributed by atoms with E-state index in [1.165, 1.54) is 17.8 Å². The van der Waals surface area contributed by atoms with Crippen molar-refractivity contribution in [3.8, 4) is 0 Å². The van der Waals surface area contributed by atoms with E-state index in [-0.39, 0.29) is 16.7 Å². The maximum atomic E-state index is 12.7. The van der Waals surface area contributed by atoms with E-state index in [1.807, 2.05) is 0 Å². The molecule has 3 heterocycles. The number of nitrogens with one attached hydrogen (secondary N) is 1. The summed E-state index contributed by atoms with van der Waals surface area (Å²) >= 11 is 2.03. The van der Waals surface area contributed by atoms with Crippen LogP contribution >= 0.6 is 23.3 Å². The van der Waals surface area contributed by atoms with Crippen molar-refractivity contribution in [2.75, 3.05) is 18.1 Å². The standard InChI is InChI=1S/C15H14N6O7S2/c1-2-5-4-29-13-8(12(25)21(13)9(5)14(26)27)17-11(24)7(19-28-3-6(22)23)10-18-15(16)30-20-10/h2,8,13H,1,3-4H2,(H,17,24)(H,22,23)(H,26,27)(H2,16,18,20)/t8?,13-/m1/s1. The number of oxime groups is 1. The highest BCUT2D eigenvalue weighted by molar-refractivity contribution is 8.00. The fourth-order valence-electron chi connectivity index (χ4n) is 2.68. The predicted octanol–water partition coefficient (Wildman–Crippen LogP) is -1.15. The van der Waals surface area contributed by atoms with Crippen LogP contribution in [0.3, 0.4) is 0 Å². The van der Waals surface area contributed by atoms with E-state index in [0.717, 1.165) is 16.4 Å². The smallest absolute Gasteiger partial charge is 0.352 e. The minimum Gasteiger partial charge on any atom is -0.479 e. The van der Waals surface area contributed by atoms with Gasteiger partial charge in [0.05, 0.1) is 0 Å². The Hall–Kier alpha value is -3.46. The summed E-state index contributed by atoms with van der Waals surface area (Å²) in [7, 11) is 0. The topological polar surface area (TPSA) is 197 Å². The number of β-lactam (4-membered cyclic amide) rings is 1. The van der Waals surface area contributed by atoms with E-state index >= 15 is 0 Å². The normalized spacial score (nSPS) is 20.9. The zero-order valence-electron chi connectivity index (χ0n) is 15.0. The average Bonchev–Trinajstić information content (AvgIpc) is 3.13. The van der Waals surface area contributed by atoms with E-state index in [4.69, 9.17) is 10.8 Å². The van der Waals surface area contributed by atoms with E-state index in [2.05, 4.69) is 31.2 Å². The van der Waals surface area contributed by atoms with E-state index < -0.39 is 47.5 Å². The molecule has 0 spiro atoms. The van der Waals surface area contributed by atoms with E-state index in [9.17, 15) is 24.3 Å². The number of carbonyl (C=O) groups is 4. The molecule has 3 rings (SSSR count). The fourth-order valence-corrected chi connectivity index (χ4v) is 4.45. The van der Waals surface area contributed by atoms with Gasteiger partial charge in [0.15, 0.2) is 5.13 Å². The number of fused-ring (bicyclic) bond motifs is 1. The zero-order valence-corrected chi connectivity index (χ0v) is 16.6. The second-order valence-electron chi connectivity index (χ2n) is 5.81. The third kappa shape index (κ3) is 3.97. The second-order valence-corrected chi connectivity index (χ2v) is 7.70. The molecule has 1 saturated heterocycles. The lowest BCUT2D eigenvalue weighted by Crippen LogP contribution is -2.71. The number of nitrogen functional groups attached to an aromatic ring is 1. The average molecular weight is 454 g/mol. The summed E-state index contributed by atoms with van der Waals surface area (Å²) in [5.41, 5.74) is 5.24. The largest absolute Gasteiger partial charge is 0.479 e. The van der Waals surface area contributed by atoms with E-state index in [0.29, 0.717) is 11.3 Å². The Kier molecular flexibility index (Phi) is 6.02. The molecule has 2 aliphatic rings. The quantitative estimate of drug-likeness (QED) is 0.210. The van der Waals surface area contributed by atoms with Gasteiger partial charge in [-0.2, -0.15) is 9.36 Å². The number of carboxylic acid groups (broad SMARTS) is 2. The summed E-state index contributed by atoms with van der Waals surface area (Å²) in [4.78, 5) is 56.9. The molecule has 1 aromatic heterocycles. The molecule has 15 heteroatoms. The predicted molar refractivity (Wildman–Crippen MR) is 104 cm³/mol. The van der Waals surface area contributed by atoms with Crippen molar-refractivity contribution in [1.82, 2.24) is 19.6 Å². The molecule has 1 aromatic rings. The summed E-state index contributed by atoms with van der Waals surface area (Å²) in [5, 5.41) is 23.4. The molecule has 2 atom stereocenters. The van der Waals surface area contributed by atoms with Crippen LogP contribution in [0.4, 0.5) is 5.13 Å². The molecule has 158 valence electrons. The van der Waals surface area contributed by atoms with Gasteiger partial charge in [0, 0.05) is 17.3 Å². The Morgan fingerprint density at radius 2 is 2.17 bits per heavy atom. The summed E-state index contributed by atoms with van der Waals surface area (Å²) < 4.78 is 3.83. The third-order valence-electron chi connectivity index (χ3n) is 3.95. The van der Waals surface area contributed by atoms with Crippen LogP contribution in [-0.2, 0) is 24.0 Å². The minimum absolute atomic E-state index is 0.0330. The minimum atomic E-state index is -1.32. The van der Waals surface area contributed by atoms with Crippen molar-refractivity contribution in [3.63, 3.8) is 0 Å². The number of thioether (sulfide) groups is 1. The maximum absolute atomic E-state index is 12.7. The Balaban J connectivity index is 1.79. The van der Waals surface area contributed by atoms with Crippen molar-refractivity contribution in [1.29, 1.82) is 0 Å². The number of rotatable bonds is 8. The third-order valence-corrected chi connectivity index (χ3v) is 5.79. The number of aliphatic carboxylic acids is 2. The van der Waals surface area contributed by atoms with Crippen LogP contribution in [0.5, 0.6) is 0 Å². The molecule has 1 unspecified atom stereocenters. The van der Waals surface area contributed by atoms with Gasteiger partial charge in [-0.05, 0) is 5.57 Å². The number of hydrogen-bond acceptors (Lipinski definition) is 11. The number of allylic oxidation sites excluding steroid dienone is 1. The molecule has 0 radical (unpaired) electrons. The number of nitrogens with zero attached hydrogens (tertiary/aromatic N) is 4. The van der Waals surface area contributed by atoms with Crippen molar-refractivity contribution >= 4 is 57.9 Å². The van der Waals surface area contributed by atoms with Gasteiger partial charge in [-0.1, -0.05) is 17.8 Å². The van der Waals surface area contributed by atoms with Crippen molar-refractivity contribution < 1.29 is 34.2 Å². The lowest BCUT2D eigenvalue weighted by atomic mass is 10.0. The highest BCUT2D eigenvalue weighted by Crippen LogP contribution is 2.40. The Labute approximate surface area is 176 Å². The van der Waals surface area contributed by atoms with Crippen LogP contribution in [0, 0.1) is 0 Å². The lowest BCUT2D eigenvalue weighted by molar-refractivity contribution is -0.150. The molecule has 0 saturated carbocycles. The first-order valence-electron chi connectivity index (χ1n) is 8.10. The van der Waals surface area contributed by atoms with Crippen LogP contribution in [0.1, 0.15) is 5.82 Å². The molecule has 13 nitrogen and oxygen atoms in total. The van der Waals surface area contributed by atoms with Gasteiger partial charge in [-0.3, -0.25) is 14.5 Å². The van der Waals surface area contributed by atoms with Crippen molar-refractivity contribution in [3.05, 3.63) is 29.7 Å². The SMILES string of the molecule is C=CC1=C(C(=O)O)N2C(=O)C(NC(=O)C(=NOCC(=O)O)c3nsc(N)n3)[C@H]2SC1. The second kappa shape index (κ2) is 8.50. The summed E-state index contributed by atoms with van der Waals surface area (Å²) in [6, 6.07) is -1.04. The molecule has 2 amide bonds. The molecule has 0 aliphatic carbocycles. The molecular formula is C15H14N6O7S2. The van der Waals surface area contributed by atoms with Crippen LogP contribution in [-0.4, -0.2) is 77.7 Å². The molecule has 5 N–H and O–H groups in total. The number of hydrogen-bond donors (Lipinski definition) is 4.